The van der Waals surface area contributed by atoms with Crippen LogP contribution in [0.2, 0.25) is 0 Å². The molecule has 0 unspecified atom stereocenters. The van der Waals surface area contributed by atoms with Gasteiger partial charge in [0.05, 0.1) is 18.2 Å². The minimum atomic E-state index is -0.109. The SMILES string of the molecule is CCOC(=O)CCCCCn1ccc2c(C#N)cccc21. The van der Waals surface area contributed by atoms with Crippen LogP contribution in [0.25, 0.3) is 10.9 Å². The molecule has 1 aromatic carbocycles. The summed E-state index contributed by atoms with van der Waals surface area (Å²) in [6, 6.07) is 10.0. The standard InChI is InChI=1S/C17H20N2O2/c1-2-21-17(20)9-4-3-5-11-19-12-10-15-14(13-18)7-6-8-16(15)19/h6-8,10,12H,2-5,9,11H2,1H3. The van der Waals surface area contributed by atoms with Gasteiger partial charge < -0.3 is 9.30 Å². The lowest BCUT2D eigenvalue weighted by atomic mass is 10.1. The third-order valence-corrected chi connectivity index (χ3v) is 3.52. The summed E-state index contributed by atoms with van der Waals surface area (Å²) >= 11 is 0. The van der Waals surface area contributed by atoms with E-state index in [1.807, 2.05) is 37.4 Å². The number of fused-ring (bicyclic) bond motifs is 1. The van der Waals surface area contributed by atoms with Crippen LogP contribution in [0.1, 0.15) is 38.2 Å². The highest BCUT2D eigenvalue weighted by atomic mass is 16.5. The number of carbonyl (C=O) groups is 1. The zero-order valence-electron chi connectivity index (χ0n) is 12.3. The smallest absolute Gasteiger partial charge is 0.305 e. The van der Waals surface area contributed by atoms with Crippen LogP contribution in [0, 0.1) is 11.3 Å². The fourth-order valence-corrected chi connectivity index (χ4v) is 2.48. The topological polar surface area (TPSA) is 55.0 Å². The maximum atomic E-state index is 11.2. The molecule has 0 aliphatic rings. The first-order chi connectivity index (χ1) is 10.3. The zero-order valence-corrected chi connectivity index (χ0v) is 12.3. The lowest BCUT2D eigenvalue weighted by Gasteiger charge is -2.06. The predicted octanol–water partition coefficient (Wildman–Crippen LogP) is 3.64. The van der Waals surface area contributed by atoms with Gasteiger partial charge in [-0.3, -0.25) is 4.79 Å². The number of aromatic nitrogens is 1. The molecule has 110 valence electrons. The lowest BCUT2D eigenvalue weighted by molar-refractivity contribution is -0.143. The summed E-state index contributed by atoms with van der Waals surface area (Å²) in [5.74, 6) is -0.109. The van der Waals surface area contributed by atoms with Crippen LogP contribution < -0.4 is 0 Å². The number of nitrogens with zero attached hydrogens (tertiary/aromatic N) is 2. The number of hydrogen-bond acceptors (Lipinski definition) is 3. The summed E-state index contributed by atoms with van der Waals surface area (Å²) < 4.78 is 7.07. The highest BCUT2D eigenvalue weighted by Crippen LogP contribution is 2.20. The monoisotopic (exact) mass is 284 g/mol. The van der Waals surface area contributed by atoms with Gasteiger partial charge in [0, 0.05) is 30.1 Å². The van der Waals surface area contributed by atoms with Crippen LogP contribution in [0.5, 0.6) is 0 Å². The van der Waals surface area contributed by atoms with Crippen LogP contribution >= 0.6 is 0 Å². The van der Waals surface area contributed by atoms with Gasteiger partial charge in [0.15, 0.2) is 0 Å². The van der Waals surface area contributed by atoms with Gasteiger partial charge in [0.1, 0.15) is 0 Å². The van der Waals surface area contributed by atoms with Crippen LogP contribution in [0.4, 0.5) is 0 Å². The van der Waals surface area contributed by atoms with E-state index in [0.29, 0.717) is 18.6 Å². The molecule has 0 aliphatic carbocycles. The molecule has 0 N–H and O–H groups in total. The minimum Gasteiger partial charge on any atom is -0.466 e. The highest BCUT2D eigenvalue weighted by molar-refractivity contribution is 5.85. The first-order valence-corrected chi connectivity index (χ1v) is 7.40. The van der Waals surface area contributed by atoms with Gasteiger partial charge in [-0.05, 0) is 38.0 Å². The van der Waals surface area contributed by atoms with Crippen molar-refractivity contribution in [3.63, 3.8) is 0 Å². The molecule has 0 amide bonds. The van der Waals surface area contributed by atoms with Gasteiger partial charge in [-0.15, -0.1) is 0 Å². The lowest BCUT2D eigenvalue weighted by Crippen LogP contribution is -2.03. The highest BCUT2D eigenvalue weighted by Gasteiger charge is 2.05. The molecule has 0 saturated heterocycles. The Morgan fingerprint density at radius 1 is 1.29 bits per heavy atom. The maximum Gasteiger partial charge on any atom is 0.305 e. The average molecular weight is 284 g/mol. The van der Waals surface area contributed by atoms with Crippen molar-refractivity contribution in [1.82, 2.24) is 4.57 Å². The second-order valence-corrected chi connectivity index (χ2v) is 4.97. The fourth-order valence-electron chi connectivity index (χ4n) is 2.48. The van der Waals surface area contributed by atoms with E-state index in [9.17, 15) is 4.79 Å². The number of rotatable bonds is 7. The number of aryl methyl sites for hydroxylation is 1. The minimum absolute atomic E-state index is 0.109. The largest absolute Gasteiger partial charge is 0.466 e. The maximum absolute atomic E-state index is 11.2. The van der Waals surface area contributed by atoms with Crippen molar-refractivity contribution in [2.45, 2.75) is 39.2 Å². The van der Waals surface area contributed by atoms with Crippen molar-refractivity contribution < 1.29 is 9.53 Å². The summed E-state index contributed by atoms with van der Waals surface area (Å²) in [6.07, 6.45) is 5.40. The van der Waals surface area contributed by atoms with Crippen molar-refractivity contribution in [2.75, 3.05) is 6.61 Å². The van der Waals surface area contributed by atoms with Gasteiger partial charge in [0.25, 0.3) is 0 Å². The summed E-state index contributed by atoms with van der Waals surface area (Å²) in [7, 11) is 0. The van der Waals surface area contributed by atoms with Gasteiger partial charge in [-0.1, -0.05) is 12.5 Å². The molecule has 4 heteroatoms. The average Bonchev–Trinajstić information content (AvgIpc) is 2.90. The van der Waals surface area contributed by atoms with E-state index < -0.39 is 0 Å². The third-order valence-electron chi connectivity index (χ3n) is 3.52. The molecule has 0 aliphatic heterocycles. The van der Waals surface area contributed by atoms with E-state index in [-0.39, 0.29) is 5.97 Å². The Hall–Kier alpha value is -2.28. The first kappa shape index (κ1) is 15.1. The molecule has 0 fully saturated rings. The van der Waals surface area contributed by atoms with Crippen molar-refractivity contribution in [2.24, 2.45) is 0 Å². The summed E-state index contributed by atoms with van der Waals surface area (Å²) in [5, 5.41) is 10.1. The molecule has 1 aromatic heterocycles. The first-order valence-electron chi connectivity index (χ1n) is 7.40. The Labute approximate surface area is 124 Å². The van der Waals surface area contributed by atoms with Crippen molar-refractivity contribution in [3.8, 4) is 6.07 Å². The molecule has 1 heterocycles. The second kappa shape index (κ2) is 7.49. The summed E-state index contributed by atoms with van der Waals surface area (Å²) in [5.41, 5.74) is 1.81. The quantitative estimate of drug-likeness (QED) is 0.576. The Bertz CT molecular complexity index is 652. The second-order valence-electron chi connectivity index (χ2n) is 4.97. The van der Waals surface area contributed by atoms with Crippen molar-refractivity contribution in [1.29, 1.82) is 5.26 Å². The number of hydrogen-bond donors (Lipinski definition) is 0. The molecule has 0 bridgehead atoms. The van der Waals surface area contributed by atoms with E-state index in [1.165, 1.54) is 0 Å². The summed E-state index contributed by atoms with van der Waals surface area (Å²) in [6.45, 7) is 3.18. The molecule has 0 spiro atoms. The van der Waals surface area contributed by atoms with E-state index in [1.54, 1.807) is 0 Å². The van der Waals surface area contributed by atoms with Gasteiger partial charge in [-0.25, -0.2) is 0 Å². The van der Waals surface area contributed by atoms with Crippen LogP contribution in [0.3, 0.4) is 0 Å². The Morgan fingerprint density at radius 2 is 2.14 bits per heavy atom. The summed E-state index contributed by atoms with van der Waals surface area (Å²) in [4.78, 5) is 11.2. The molecular weight excluding hydrogens is 264 g/mol. The third kappa shape index (κ3) is 3.85. The van der Waals surface area contributed by atoms with E-state index >= 15 is 0 Å². The van der Waals surface area contributed by atoms with Crippen molar-refractivity contribution in [3.05, 3.63) is 36.0 Å². The molecule has 0 atom stereocenters. The van der Waals surface area contributed by atoms with Gasteiger partial charge in [0.2, 0.25) is 0 Å². The van der Waals surface area contributed by atoms with Crippen LogP contribution in [0.15, 0.2) is 30.5 Å². The van der Waals surface area contributed by atoms with Crippen LogP contribution in [-0.4, -0.2) is 17.1 Å². The number of carbonyl (C=O) groups excluding carboxylic acids is 1. The zero-order chi connectivity index (χ0) is 15.1. The molecule has 21 heavy (non-hydrogen) atoms. The molecule has 0 saturated carbocycles. The molecule has 4 nitrogen and oxygen atoms in total. The number of nitriles is 1. The molecular formula is C17H20N2O2. The van der Waals surface area contributed by atoms with Gasteiger partial charge in [-0.2, -0.15) is 5.26 Å². The Kier molecular flexibility index (Phi) is 5.39. The molecule has 0 radical (unpaired) electrons. The number of unbranched alkanes of at least 4 members (excludes halogenated alkanes) is 2. The molecule has 2 aromatic rings. The number of ether oxygens (including phenoxy) is 1. The van der Waals surface area contributed by atoms with E-state index in [0.717, 1.165) is 36.7 Å². The predicted molar refractivity (Wildman–Crippen MR) is 81.8 cm³/mol. The Morgan fingerprint density at radius 3 is 2.90 bits per heavy atom. The van der Waals surface area contributed by atoms with E-state index in [4.69, 9.17) is 10.00 Å². The normalized spacial score (nSPS) is 10.5. The fraction of sp³-hybridized carbons (Fsp3) is 0.412. The molecule has 2 rings (SSSR count). The number of esters is 1. The number of benzene rings is 1. The van der Waals surface area contributed by atoms with Gasteiger partial charge >= 0.3 is 5.97 Å². The van der Waals surface area contributed by atoms with Crippen molar-refractivity contribution >= 4 is 16.9 Å². The van der Waals surface area contributed by atoms with E-state index in [2.05, 4.69) is 10.6 Å². The van der Waals surface area contributed by atoms with Crippen LogP contribution in [-0.2, 0) is 16.1 Å². The Balaban J connectivity index is 1.85.